The molecule has 2 N–H and O–H groups in total. The molecule has 1 aromatic rings. The highest BCUT2D eigenvalue weighted by Crippen LogP contribution is 2.68. The Kier molecular flexibility index (Phi) is 7.49. The maximum atomic E-state index is 13.5. The molecule has 8 nitrogen and oxygen atoms in total. The molecule has 0 heterocycles. The second kappa shape index (κ2) is 9.84. The van der Waals surface area contributed by atoms with Gasteiger partial charge in [-0.2, -0.15) is 8.42 Å². The fourth-order valence-electron chi connectivity index (χ4n) is 7.58. The summed E-state index contributed by atoms with van der Waals surface area (Å²) in [5.41, 5.74) is -1.48. The van der Waals surface area contributed by atoms with E-state index >= 15 is 0 Å². The number of ketones is 1. The van der Waals surface area contributed by atoms with E-state index in [0.717, 1.165) is 12.0 Å². The average Bonchev–Trinajstić information content (AvgIpc) is 3.14. The van der Waals surface area contributed by atoms with E-state index < -0.39 is 63.2 Å². The number of rotatable bonds is 6. The van der Waals surface area contributed by atoms with Crippen molar-refractivity contribution in [2.24, 2.45) is 34.0 Å². The van der Waals surface area contributed by atoms with E-state index in [1.54, 1.807) is 18.2 Å². The molecular formula is C29H40O8S. The number of hydrogen-bond acceptors (Lipinski definition) is 8. The van der Waals surface area contributed by atoms with Crippen LogP contribution in [0.4, 0.5) is 0 Å². The molecule has 0 amide bonds. The molecule has 0 saturated heterocycles. The molecule has 3 aliphatic rings. The van der Waals surface area contributed by atoms with Crippen LogP contribution in [0.1, 0.15) is 58.9 Å². The fraction of sp³-hybridized carbons (Fsp3) is 0.655. The van der Waals surface area contributed by atoms with Crippen molar-refractivity contribution in [3.63, 3.8) is 0 Å². The van der Waals surface area contributed by atoms with Gasteiger partial charge in [0.05, 0.1) is 11.0 Å². The zero-order valence-electron chi connectivity index (χ0n) is 22.8. The van der Waals surface area contributed by atoms with Crippen LogP contribution in [0.5, 0.6) is 0 Å². The number of ether oxygens (including phenoxy) is 1. The minimum atomic E-state index is -4.19. The lowest BCUT2D eigenvalue weighted by Crippen LogP contribution is -2.63. The van der Waals surface area contributed by atoms with Gasteiger partial charge in [-0.1, -0.05) is 51.5 Å². The van der Waals surface area contributed by atoms with Gasteiger partial charge in [0.25, 0.3) is 10.1 Å². The van der Waals surface area contributed by atoms with E-state index in [9.17, 15) is 28.2 Å². The van der Waals surface area contributed by atoms with Gasteiger partial charge in [-0.05, 0) is 62.0 Å². The Balaban J connectivity index is 1.68. The molecule has 2 bridgehead atoms. The van der Waals surface area contributed by atoms with Crippen molar-refractivity contribution >= 4 is 21.9 Å². The topological polar surface area (TPSA) is 127 Å². The molecule has 3 aliphatic carbocycles. The summed E-state index contributed by atoms with van der Waals surface area (Å²) in [6, 6.07) is 6.08. The summed E-state index contributed by atoms with van der Waals surface area (Å²) in [5, 5.41) is 22.3. The molecule has 38 heavy (non-hydrogen) atoms. The maximum absolute atomic E-state index is 13.5. The molecule has 4 rings (SSSR count). The van der Waals surface area contributed by atoms with Gasteiger partial charge in [-0.25, -0.2) is 4.79 Å². The van der Waals surface area contributed by atoms with Crippen LogP contribution in [0, 0.1) is 40.9 Å². The van der Waals surface area contributed by atoms with Gasteiger partial charge in [0.15, 0.2) is 12.4 Å². The number of carbonyl (C=O) groups excluding carboxylic acids is 2. The summed E-state index contributed by atoms with van der Waals surface area (Å²) in [5.74, 6) is -2.12. The normalized spacial score (nSPS) is 41.1. The summed E-state index contributed by atoms with van der Waals surface area (Å²) in [7, 11) is -4.19. The molecule has 3 fully saturated rings. The number of aliphatic hydroxyl groups excluding tert-OH is 2. The number of aryl methyl sites for hydroxylation is 1. The van der Waals surface area contributed by atoms with Gasteiger partial charge in [-0.15, -0.1) is 6.58 Å². The number of hydrogen-bond donors (Lipinski definition) is 2. The third kappa shape index (κ3) is 4.45. The second-order valence-corrected chi connectivity index (χ2v) is 13.9. The van der Waals surface area contributed by atoms with Gasteiger partial charge in [0.2, 0.25) is 0 Å². The third-order valence-corrected chi connectivity index (χ3v) is 11.5. The van der Waals surface area contributed by atoms with E-state index in [1.165, 1.54) is 12.1 Å². The van der Waals surface area contributed by atoms with Crippen molar-refractivity contribution in [2.45, 2.75) is 83.5 Å². The molecular weight excluding hydrogens is 508 g/mol. The van der Waals surface area contributed by atoms with Gasteiger partial charge >= 0.3 is 5.97 Å². The van der Waals surface area contributed by atoms with Crippen LogP contribution in [-0.4, -0.2) is 55.3 Å². The second-order valence-electron chi connectivity index (χ2n) is 12.2. The molecule has 0 aliphatic heterocycles. The van der Waals surface area contributed by atoms with Crippen LogP contribution in [0.15, 0.2) is 41.8 Å². The fourth-order valence-corrected chi connectivity index (χ4v) is 8.43. The molecule has 9 heteroatoms. The Morgan fingerprint density at radius 1 is 1.16 bits per heavy atom. The van der Waals surface area contributed by atoms with Crippen molar-refractivity contribution in [3.05, 3.63) is 42.5 Å². The zero-order chi connectivity index (χ0) is 28.3. The van der Waals surface area contributed by atoms with E-state index in [0.29, 0.717) is 6.42 Å². The third-order valence-electron chi connectivity index (χ3n) is 10.2. The van der Waals surface area contributed by atoms with Crippen molar-refractivity contribution in [1.29, 1.82) is 0 Å². The van der Waals surface area contributed by atoms with Crippen molar-refractivity contribution < 1.29 is 37.1 Å². The predicted molar refractivity (Wildman–Crippen MR) is 140 cm³/mol. The Bertz CT molecular complexity index is 1210. The van der Waals surface area contributed by atoms with Crippen LogP contribution in [0.2, 0.25) is 0 Å². The molecule has 3 saturated carbocycles. The molecule has 9 atom stereocenters. The summed E-state index contributed by atoms with van der Waals surface area (Å²) in [4.78, 5) is 26.6. The Morgan fingerprint density at radius 2 is 1.79 bits per heavy atom. The molecule has 1 aromatic carbocycles. The number of Topliss-reactive ketones (excluding diaryl/α,β-unsaturated/α-hetero) is 1. The first-order chi connectivity index (χ1) is 17.6. The predicted octanol–water partition coefficient (Wildman–Crippen LogP) is 3.58. The van der Waals surface area contributed by atoms with Gasteiger partial charge in [0, 0.05) is 16.7 Å². The smallest absolute Gasteiger partial charge is 0.333 e. The lowest BCUT2D eigenvalue weighted by Gasteiger charge is -2.61. The monoisotopic (exact) mass is 548 g/mol. The first-order valence-electron chi connectivity index (χ1n) is 13.3. The van der Waals surface area contributed by atoms with E-state index in [4.69, 9.17) is 8.92 Å². The lowest BCUT2D eigenvalue weighted by molar-refractivity contribution is -0.207. The lowest BCUT2D eigenvalue weighted by atomic mass is 9.44. The largest absolute Gasteiger partial charge is 0.460 e. The van der Waals surface area contributed by atoms with Crippen LogP contribution in [0.3, 0.4) is 0 Å². The van der Waals surface area contributed by atoms with E-state index in [1.807, 2.05) is 34.6 Å². The van der Waals surface area contributed by atoms with Crippen LogP contribution in [-0.2, 0) is 28.6 Å². The molecule has 0 radical (unpaired) electrons. The number of esters is 1. The van der Waals surface area contributed by atoms with E-state index in [2.05, 4.69) is 6.58 Å². The Hall–Kier alpha value is -2.07. The first-order valence-corrected chi connectivity index (χ1v) is 14.7. The summed E-state index contributed by atoms with van der Waals surface area (Å²) in [6.45, 7) is 12.7. The molecule has 0 spiro atoms. The summed E-state index contributed by atoms with van der Waals surface area (Å²) >= 11 is 0. The number of aliphatic hydroxyl groups is 2. The standard InChI is InChI=1S/C29H40O8S/c1-7-27(5)15-22(37-23(31)16-36-38(34,35)20-10-8-17(2)9-11-20)28(6)18(3)12-13-29(19(4)26(27)33)14-21(30)24(32)25(28)29/h7-11,18-19,21-22,25-26,30,33H,1,12-16H2,2-6H3/t18-,19-,21-,22+,25-,26-,27+,28-,29-/m0/s1. The van der Waals surface area contributed by atoms with Crippen LogP contribution < -0.4 is 0 Å². The summed E-state index contributed by atoms with van der Waals surface area (Å²) in [6.07, 6.45) is 0.631. The highest BCUT2D eigenvalue weighted by atomic mass is 32.2. The summed E-state index contributed by atoms with van der Waals surface area (Å²) < 4.78 is 36.3. The van der Waals surface area contributed by atoms with Gasteiger partial charge < -0.3 is 14.9 Å². The Morgan fingerprint density at radius 3 is 2.39 bits per heavy atom. The minimum Gasteiger partial charge on any atom is -0.460 e. The van der Waals surface area contributed by atoms with Crippen LogP contribution in [0.25, 0.3) is 0 Å². The highest BCUT2D eigenvalue weighted by Gasteiger charge is 2.70. The minimum absolute atomic E-state index is 0.0404. The van der Waals surface area contributed by atoms with Crippen molar-refractivity contribution in [3.8, 4) is 0 Å². The Labute approximate surface area is 225 Å². The molecule has 0 aromatic heterocycles. The highest BCUT2D eigenvalue weighted by molar-refractivity contribution is 7.86. The zero-order valence-corrected chi connectivity index (χ0v) is 23.7. The molecule has 210 valence electrons. The quantitative estimate of drug-likeness (QED) is 0.314. The van der Waals surface area contributed by atoms with Gasteiger partial charge in [-0.3, -0.25) is 8.98 Å². The van der Waals surface area contributed by atoms with Crippen molar-refractivity contribution in [2.75, 3.05) is 6.61 Å². The van der Waals surface area contributed by atoms with E-state index in [-0.39, 0.29) is 35.4 Å². The SMILES string of the molecule is C=C[C@]1(C)C[C@@H](OC(=O)COS(=O)(=O)c2ccc(C)cc2)[C@@]2(C)[C@@H]3C(=O)[C@@H](O)C[C@@]3(CC[C@@H]2C)[C@@H](C)[C@@H]1O. The molecule has 0 unspecified atom stereocenters. The van der Waals surface area contributed by atoms with Crippen LogP contribution >= 0.6 is 0 Å². The number of carbonyl (C=O) groups is 2. The first kappa shape index (κ1) is 28.9. The van der Waals surface area contributed by atoms with Gasteiger partial charge in [0.1, 0.15) is 12.2 Å². The average molecular weight is 549 g/mol. The number of benzene rings is 1. The van der Waals surface area contributed by atoms with Crippen molar-refractivity contribution in [1.82, 2.24) is 0 Å². The maximum Gasteiger partial charge on any atom is 0.333 e.